The fourth-order valence-electron chi connectivity index (χ4n) is 1.75. The highest BCUT2D eigenvalue weighted by molar-refractivity contribution is 5.80. The maximum atomic E-state index is 11.5. The average molecular weight is 235 g/mol. The molecule has 0 fully saturated rings. The molecule has 3 heteroatoms. The number of ether oxygens (including phenoxy) is 1. The number of carbonyl (C=O) groups excluding carboxylic acids is 1. The van der Waals surface area contributed by atoms with Gasteiger partial charge in [0, 0.05) is 6.42 Å². The molecule has 1 aromatic rings. The zero-order chi connectivity index (χ0) is 13.1. The molecule has 2 N–H and O–H groups in total. The van der Waals surface area contributed by atoms with Crippen molar-refractivity contribution in [3.63, 3.8) is 0 Å². The summed E-state index contributed by atoms with van der Waals surface area (Å²) in [6, 6.07) is 8.19. The monoisotopic (exact) mass is 235 g/mol. The van der Waals surface area contributed by atoms with Crippen LogP contribution >= 0.6 is 0 Å². The van der Waals surface area contributed by atoms with Crippen molar-refractivity contribution in [2.45, 2.75) is 38.6 Å². The van der Waals surface area contributed by atoms with Crippen molar-refractivity contribution in [3.05, 3.63) is 35.4 Å². The Labute approximate surface area is 103 Å². The second-order valence-corrected chi connectivity index (χ2v) is 4.98. The van der Waals surface area contributed by atoms with E-state index in [4.69, 9.17) is 5.73 Å². The van der Waals surface area contributed by atoms with E-state index in [2.05, 4.69) is 30.7 Å². The summed E-state index contributed by atoms with van der Waals surface area (Å²) in [6.45, 7) is 5.99. The lowest BCUT2D eigenvalue weighted by Crippen LogP contribution is -2.47. The molecule has 0 amide bonds. The van der Waals surface area contributed by atoms with Gasteiger partial charge in [-0.3, -0.25) is 4.79 Å². The first-order valence-electron chi connectivity index (χ1n) is 5.83. The van der Waals surface area contributed by atoms with Gasteiger partial charge in [0.05, 0.1) is 7.11 Å². The first-order valence-corrected chi connectivity index (χ1v) is 5.83. The third-order valence-electron chi connectivity index (χ3n) is 2.87. The molecule has 0 saturated carbocycles. The fraction of sp³-hybridized carbons (Fsp3) is 0.500. The molecule has 0 aliphatic rings. The van der Waals surface area contributed by atoms with Crippen LogP contribution in [0.15, 0.2) is 24.3 Å². The molecule has 0 aliphatic carbocycles. The van der Waals surface area contributed by atoms with E-state index in [1.54, 1.807) is 6.92 Å². The molecule has 0 bridgehead atoms. The maximum absolute atomic E-state index is 11.5. The van der Waals surface area contributed by atoms with Gasteiger partial charge in [0.1, 0.15) is 5.54 Å². The normalized spacial score (nSPS) is 14.5. The van der Waals surface area contributed by atoms with Crippen LogP contribution in [-0.4, -0.2) is 18.6 Å². The van der Waals surface area contributed by atoms with Crippen LogP contribution in [0.4, 0.5) is 0 Å². The van der Waals surface area contributed by atoms with Crippen molar-refractivity contribution in [2.75, 3.05) is 7.11 Å². The van der Waals surface area contributed by atoms with E-state index in [1.165, 1.54) is 12.7 Å². The van der Waals surface area contributed by atoms with Crippen LogP contribution in [0.1, 0.15) is 37.8 Å². The molecule has 0 heterocycles. The number of benzene rings is 1. The fourth-order valence-corrected chi connectivity index (χ4v) is 1.75. The van der Waals surface area contributed by atoms with Gasteiger partial charge in [-0.25, -0.2) is 0 Å². The van der Waals surface area contributed by atoms with Gasteiger partial charge in [-0.2, -0.15) is 0 Å². The molecule has 1 rings (SSSR count). The molecule has 1 unspecified atom stereocenters. The smallest absolute Gasteiger partial charge is 0.325 e. The largest absolute Gasteiger partial charge is 0.468 e. The van der Waals surface area contributed by atoms with Gasteiger partial charge in [-0.05, 0) is 24.0 Å². The first kappa shape index (κ1) is 13.7. The number of methoxy groups -OCH3 is 1. The summed E-state index contributed by atoms with van der Waals surface area (Å²) in [7, 11) is 1.36. The van der Waals surface area contributed by atoms with Gasteiger partial charge < -0.3 is 10.5 Å². The van der Waals surface area contributed by atoms with Gasteiger partial charge >= 0.3 is 5.97 Å². The highest BCUT2D eigenvalue weighted by Gasteiger charge is 2.29. The van der Waals surface area contributed by atoms with E-state index >= 15 is 0 Å². The minimum Gasteiger partial charge on any atom is -0.468 e. The first-order chi connectivity index (χ1) is 7.86. The summed E-state index contributed by atoms with van der Waals surface area (Å²) in [5.74, 6) is 0.124. The highest BCUT2D eigenvalue weighted by Crippen LogP contribution is 2.17. The van der Waals surface area contributed by atoms with Gasteiger partial charge in [0.15, 0.2) is 0 Å². The van der Waals surface area contributed by atoms with Crippen LogP contribution in [0.25, 0.3) is 0 Å². The Balaban J connectivity index is 2.79. The van der Waals surface area contributed by atoms with Crippen molar-refractivity contribution in [1.29, 1.82) is 0 Å². The van der Waals surface area contributed by atoms with Crippen LogP contribution in [0.2, 0.25) is 0 Å². The predicted octanol–water partition coefficient (Wildman–Crippen LogP) is 2.24. The summed E-state index contributed by atoms with van der Waals surface area (Å²) >= 11 is 0. The topological polar surface area (TPSA) is 52.3 Å². The van der Waals surface area contributed by atoms with Gasteiger partial charge in [-0.1, -0.05) is 38.1 Å². The van der Waals surface area contributed by atoms with E-state index in [0.29, 0.717) is 12.3 Å². The standard InChI is InChI=1S/C14H21NO2/c1-10(2)12-7-5-11(6-8-12)9-14(3,15)13(16)17-4/h5-8,10H,9,15H2,1-4H3. The van der Waals surface area contributed by atoms with Crippen LogP contribution in [-0.2, 0) is 16.0 Å². The van der Waals surface area contributed by atoms with Crippen molar-refractivity contribution in [2.24, 2.45) is 5.73 Å². The Bertz CT molecular complexity index is 380. The second kappa shape index (κ2) is 5.32. The molecular weight excluding hydrogens is 214 g/mol. The number of rotatable bonds is 4. The number of carbonyl (C=O) groups is 1. The lowest BCUT2D eigenvalue weighted by atomic mass is 9.92. The molecule has 0 radical (unpaired) electrons. The molecule has 0 aromatic heterocycles. The zero-order valence-corrected chi connectivity index (χ0v) is 11.0. The maximum Gasteiger partial charge on any atom is 0.325 e. The molecule has 17 heavy (non-hydrogen) atoms. The van der Waals surface area contributed by atoms with E-state index in [0.717, 1.165) is 5.56 Å². The SMILES string of the molecule is COC(=O)C(C)(N)Cc1ccc(C(C)C)cc1. The van der Waals surface area contributed by atoms with E-state index < -0.39 is 5.54 Å². The molecule has 0 saturated heterocycles. The van der Waals surface area contributed by atoms with Crippen LogP contribution < -0.4 is 5.73 Å². The molecule has 94 valence electrons. The lowest BCUT2D eigenvalue weighted by molar-refractivity contribution is -0.146. The van der Waals surface area contributed by atoms with Crippen LogP contribution in [0.5, 0.6) is 0 Å². The summed E-state index contributed by atoms with van der Waals surface area (Å²) in [5, 5.41) is 0. The third kappa shape index (κ3) is 3.56. The zero-order valence-electron chi connectivity index (χ0n) is 11.0. The molecule has 1 aromatic carbocycles. The molecule has 1 atom stereocenters. The van der Waals surface area contributed by atoms with Gasteiger partial charge in [0.2, 0.25) is 0 Å². The van der Waals surface area contributed by atoms with Crippen molar-refractivity contribution in [3.8, 4) is 0 Å². The Morgan fingerprint density at radius 3 is 2.29 bits per heavy atom. The van der Waals surface area contributed by atoms with Crippen LogP contribution in [0, 0.1) is 0 Å². The third-order valence-corrected chi connectivity index (χ3v) is 2.87. The van der Waals surface area contributed by atoms with Crippen molar-refractivity contribution < 1.29 is 9.53 Å². The van der Waals surface area contributed by atoms with Gasteiger partial charge in [-0.15, -0.1) is 0 Å². The van der Waals surface area contributed by atoms with E-state index in [9.17, 15) is 4.79 Å². The summed E-state index contributed by atoms with van der Waals surface area (Å²) in [6.07, 6.45) is 0.484. The van der Waals surface area contributed by atoms with Crippen molar-refractivity contribution >= 4 is 5.97 Å². The Hall–Kier alpha value is -1.35. The Morgan fingerprint density at radius 1 is 1.35 bits per heavy atom. The average Bonchev–Trinajstić information content (AvgIpc) is 2.28. The summed E-state index contributed by atoms with van der Waals surface area (Å²) < 4.78 is 4.69. The predicted molar refractivity (Wildman–Crippen MR) is 68.8 cm³/mol. The number of hydrogen-bond acceptors (Lipinski definition) is 3. The number of hydrogen-bond donors (Lipinski definition) is 1. The van der Waals surface area contributed by atoms with E-state index in [-0.39, 0.29) is 5.97 Å². The quantitative estimate of drug-likeness (QED) is 0.814. The summed E-state index contributed by atoms with van der Waals surface area (Å²) in [4.78, 5) is 11.5. The second-order valence-electron chi connectivity index (χ2n) is 4.98. The van der Waals surface area contributed by atoms with E-state index in [1.807, 2.05) is 12.1 Å². The number of esters is 1. The highest BCUT2D eigenvalue weighted by atomic mass is 16.5. The van der Waals surface area contributed by atoms with Gasteiger partial charge in [0.25, 0.3) is 0 Å². The molecule has 0 aliphatic heterocycles. The lowest BCUT2D eigenvalue weighted by Gasteiger charge is -2.21. The Kier molecular flexibility index (Phi) is 4.29. The minimum atomic E-state index is -0.964. The molecule has 0 spiro atoms. The number of nitrogens with two attached hydrogens (primary N) is 1. The minimum absolute atomic E-state index is 0.384. The Morgan fingerprint density at radius 2 is 1.88 bits per heavy atom. The van der Waals surface area contributed by atoms with Crippen molar-refractivity contribution in [1.82, 2.24) is 0 Å². The summed E-state index contributed by atoms with van der Waals surface area (Å²) in [5.41, 5.74) is 7.29. The molecular formula is C14H21NO2. The molecule has 3 nitrogen and oxygen atoms in total. The van der Waals surface area contributed by atoms with Crippen LogP contribution in [0.3, 0.4) is 0 Å².